The van der Waals surface area contributed by atoms with Crippen molar-refractivity contribution in [2.45, 2.75) is 5.33 Å². The Morgan fingerprint density at radius 2 is 2.08 bits per heavy atom. The summed E-state index contributed by atoms with van der Waals surface area (Å²) in [5.41, 5.74) is 1.26. The third-order valence-corrected chi connectivity index (χ3v) is 4.44. The second-order valence-corrected chi connectivity index (χ2v) is 4.86. The van der Waals surface area contributed by atoms with Gasteiger partial charge in [-0.05, 0) is 22.4 Å². The summed E-state index contributed by atoms with van der Waals surface area (Å²) in [4.78, 5) is 0. The molecule has 0 unspecified atom stereocenters. The summed E-state index contributed by atoms with van der Waals surface area (Å²) >= 11 is 17.0. The number of hydrogen-bond donors (Lipinski definition) is 0. The van der Waals surface area contributed by atoms with Crippen molar-refractivity contribution < 1.29 is 0 Å². The van der Waals surface area contributed by atoms with Crippen LogP contribution in [0.3, 0.4) is 0 Å². The molecule has 0 aliphatic heterocycles. The van der Waals surface area contributed by atoms with E-state index in [-0.39, 0.29) is 0 Å². The lowest BCUT2D eigenvalue weighted by atomic mass is 10.2. The lowest BCUT2D eigenvalue weighted by Gasteiger charge is -1.97. The van der Waals surface area contributed by atoms with Crippen molar-refractivity contribution in [1.82, 2.24) is 0 Å². The van der Waals surface area contributed by atoms with E-state index < -0.39 is 0 Å². The van der Waals surface area contributed by atoms with E-state index >= 15 is 0 Å². The molecular weight excluding hydrogens is 291 g/mol. The molecule has 0 aliphatic carbocycles. The van der Waals surface area contributed by atoms with Gasteiger partial charge in [-0.2, -0.15) is 0 Å². The molecule has 0 fully saturated rings. The predicted octanol–water partition coefficient (Wildman–Crippen LogP) is 5.10. The fraction of sp³-hybridized carbons (Fsp3) is 0.111. The zero-order valence-corrected chi connectivity index (χ0v) is 10.4. The maximum absolute atomic E-state index is 6.06. The van der Waals surface area contributed by atoms with Crippen LogP contribution in [0.25, 0.3) is 10.1 Å². The molecule has 0 saturated heterocycles. The predicted molar refractivity (Wildman–Crippen MR) is 64.5 cm³/mol. The Morgan fingerprint density at radius 3 is 2.77 bits per heavy atom. The average molecular weight is 296 g/mol. The molecular formula is C9H5BrCl2S. The summed E-state index contributed by atoms with van der Waals surface area (Å²) in [6, 6.07) is 3.85. The normalized spacial score (nSPS) is 11.0. The molecule has 0 saturated carbocycles. The lowest BCUT2D eigenvalue weighted by molar-refractivity contribution is 1.55. The highest BCUT2D eigenvalue weighted by Gasteiger charge is 2.08. The first-order chi connectivity index (χ1) is 6.24. The first-order valence-corrected chi connectivity index (χ1v) is 6.40. The SMILES string of the molecule is Clc1ccc2c(CBr)csc2c1Cl. The molecule has 0 bridgehead atoms. The Balaban J connectivity index is 2.81. The lowest BCUT2D eigenvalue weighted by Crippen LogP contribution is -1.73. The van der Waals surface area contributed by atoms with Crippen molar-refractivity contribution in [3.05, 3.63) is 33.1 Å². The van der Waals surface area contributed by atoms with Crippen LogP contribution in [-0.2, 0) is 5.33 Å². The standard InChI is InChI=1S/C9H5BrCl2S/c10-3-5-4-13-9-6(5)1-2-7(11)8(9)12/h1-2,4H,3H2. The molecule has 0 nitrogen and oxygen atoms in total. The van der Waals surface area contributed by atoms with Gasteiger partial charge in [-0.1, -0.05) is 45.2 Å². The van der Waals surface area contributed by atoms with E-state index in [0.717, 1.165) is 10.0 Å². The zero-order chi connectivity index (χ0) is 9.42. The Morgan fingerprint density at radius 1 is 1.31 bits per heavy atom. The van der Waals surface area contributed by atoms with Gasteiger partial charge in [-0.3, -0.25) is 0 Å². The first kappa shape index (κ1) is 9.78. The van der Waals surface area contributed by atoms with Gasteiger partial charge in [0.15, 0.2) is 0 Å². The van der Waals surface area contributed by atoms with Gasteiger partial charge in [0.05, 0.1) is 14.7 Å². The highest BCUT2D eigenvalue weighted by molar-refractivity contribution is 9.08. The fourth-order valence-corrected chi connectivity index (χ4v) is 3.40. The summed E-state index contributed by atoms with van der Waals surface area (Å²) in [7, 11) is 0. The van der Waals surface area contributed by atoms with E-state index in [1.54, 1.807) is 11.3 Å². The number of fused-ring (bicyclic) bond motifs is 1. The van der Waals surface area contributed by atoms with Gasteiger partial charge in [0.2, 0.25) is 0 Å². The second-order valence-electron chi connectivity index (χ2n) is 2.63. The van der Waals surface area contributed by atoms with E-state index in [9.17, 15) is 0 Å². The van der Waals surface area contributed by atoms with Crippen LogP contribution in [0.4, 0.5) is 0 Å². The topological polar surface area (TPSA) is 0 Å². The van der Waals surface area contributed by atoms with Gasteiger partial charge in [0.25, 0.3) is 0 Å². The van der Waals surface area contributed by atoms with Crippen molar-refractivity contribution >= 4 is 60.6 Å². The third-order valence-electron chi connectivity index (χ3n) is 1.86. The summed E-state index contributed by atoms with van der Waals surface area (Å²) in [6.07, 6.45) is 0. The number of hydrogen-bond acceptors (Lipinski definition) is 1. The van der Waals surface area contributed by atoms with Crippen molar-refractivity contribution in [2.24, 2.45) is 0 Å². The smallest absolute Gasteiger partial charge is 0.0770 e. The van der Waals surface area contributed by atoms with Crippen molar-refractivity contribution in [1.29, 1.82) is 0 Å². The van der Waals surface area contributed by atoms with Gasteiger partial charge in [-0.15, -0.1) is 11.3 Å². The van der Waals surface area contributed by atoms with E-state index in [2.05, 4.69) is 21.3 Å². The molecule has 13 heavy (non-hydrogen) atoms. The number of halogens is 3. The Labute approximate surface area is 98.6 Å². The molecule has 0 amide bonds. The fourth-order valence-electron chi connectivity index (χ4n) is 1.20. The van der Waals surface area contributed by atoms with Crippen molar-refractivity contribution in [2.75, 3.05) is 0 Å². The molecule has 1 aromatic carbocycles. The second kappa shape index (κ2) is 3.77. The molecule has 2 aromatic rings. The highest BCUT2D eigenvalue weighted by Crippen LogP contribution is 2.37. The Hall–Kier alpha value is 0.240. The minimum atomic E-state index is 0.622. The van der Waals surface area contributed by atoms with Crippen molar-refractivity contribution in [3.63, 3.8) is 0 Å². The molecule has 0 atom stereocenters. The van der Waals surface area contributed by atoms with Crippen LogP contribution in [0, 0.1) is 0 Å². The molecule has 1 aromatic heterocycles. The van der Waals surface area contributed by atoms with Crippen LogP contribution in [0.15, 0.2) is 17.5 Å². The molecule has 0 N–H and O–H groups in total. The van der Waals surface area contributed by atoms with Crippen LogP contribution in [0.2, 0.25) is 10.0 Å². The average Bonchev–Trinajstić information content (AvgIpc) is 2.55. The molecule has 4 heteroatoms. The zero-order valence-electron chi connectivity index (χ0n) is 6.48. The van der Waals surface area contributed by atoms with Gasteiger partial charge in [-0.25, -0.2) is 0 Å². The Bertz CT molecular complexity index is 450. The molecule has 68 valence electrons. The molecule has 0 aliphatic rings. The van der Waals surface area contributed by atoms with Crippen LogP contribution < -0.4 is 0 Å². The summed E-state index contributed by atoms with van der Waals surface area (Å²) < 4.78 is 1.07. The maximum atomic E-state index is 6.06. The molecule has 0 radical (unpaired) electrons. The van der Waals surface area contributed by atoms with Crippen LogP contribution in [0.1, 0.15) is 5.56 Å². The minimum absolute atomic E-state index is 0.622. The molecule has 2 rings (SSSR count). The number of benzene rings is 1. The van der Waals surface area contributed by atoms with Gasteiger partial charge >= 0.3 is 0 Å². The third kappa shape index (κ3) is 1.61. The maximum Gasteiger partial charge on any atom is 0.0770 e. The van der Waals surface area contributed by atoms with Gasteiger partial charge in [0.1, 0.15) is 0 Å². The summed E-state index contributed by atoms with van der Waals surface area (Å²) in [5, 5.41) is 5.43. The first-order valence-electron chi connectivity index (χ1n) is 3.64. The van der Waals surface area contributed by atoms with E-state index in [1.807, 2.05) is 12.1 Å². The molecule has 0 spiro atoms. The van der Waals surface area contributed by atoms with Crippen LogP contribution in [0.5, 0.6) is 0 Å². The Kier molecular flexibility index (Phi) is 2.84. The highest BCUT2D eigenvalue weighted by atomic mass is 79.9. The van der Waals surface area contributed by atoms with E-state index in [0.29, 0.717) is 10.0 Å². The molecule has 1 heterocycles. The van der Waals surface area contributed by atoms with Gasteiger partial charge in [0, 0.05) is 5.33 Å². The number of rotatable bonds is 1. The largest absolute Gasteiger partial charge is 0.142 e. The van der Waals surface area contributed by atoms with E-state index in [4.69, 9.17) is 23.2 Å². The summed E-state index contributed by atoms with van der Waals surface area (Å²) in [5.74, 6) is 0. The number of alkyl halides is 1. The monoisotopic (exact) mass is 294 g/mol. The van der Waals surface area contributed by atoms with Gasteiger partial charge < -0.3 is 0 Å². The van der Waals surface area contributed by atoms with E-state index in [1.165, 1.54) is 10.9 Å². The minimum Gasteiger partial charge on any atom is -0.142 e. The van der Waals surface area contributed by atoms with Crippen LogP contribution in [-0.4, -0.2) is 0 Å². The van der Waals surface area contributed by atoms with Crippen molar-refractivity contribution in [3.8, 4) is 0 Å². The quantitative estimate of drug-likeness (QED) is 0.642. The number of thiophene rings is 1. The summed E-state index contributed by atoms with van der Waals surface area (Å²) in [6.45, 7) is 0. The van der Waals surface area contributed by atoms with Crippen LogP contribution >= 0.6 is 50.5 Å².